The lowest BCUT2D eigenvalue weighted by Gasteiger charge is -2.36. The first kappa shape index (κ1) is 61.4. The van der Waals surface area contributed by atoms with Crippen LogP contribution in [0.1, 0.15) is 195 Å². The normalized spacial score (nSPS) is 30.1. The molecule has 17 rings (SSSR count). The summed E-state index contributed by atoms with van der Waals surface area (Å²) in [6.45, 7) is 16.7. The molecule has 9 nitrogen and oxygen atoms in total. The number of rotatable bonds is 0. The first-order valence-electron chi connectivity index (χ1n) is 34.0. The van der Waals surface area contributed by atoms with Gasteiger partial charge in [-0.3, -0.25) is 0 Å². The molecule has 0 aromatic heterocycles. The molecule has 3 aromatic rings. The van der Waals surface area contributed by atoms with Crippen molar-refractivity contribution in [1.82, 2.24) is 42.5 Å². The van der Waals surface area contributed by atoms with Gasteiger partial charge in [0.05, 0.1) is 0 Å². The van der Waals surface area contributed by atoms with Crippen LogP contribution in [-0.4, -0.2) is 90.1 Å². The Hall–Kier alpha value is -3.12. The number of nitrogens with one attached hydrogen (secondary N) is 9. The Morgan fingerprint density at radius 3 is 1.54 bits per heavy atom. The Kier molecular flexibility index (Phi) is 27.1. The molecule has 3 aromatic carbocycles. The van der Waals surface area contributed by atoms with E-state index in [1.54, 1.807) is 0 Å². The summed E-state index contributed by atoms with van der Waals surface area (Å²) in [7, 11) is 0. The second-order valence-electron chi connectivity index (χ2n) is 26.5. The highest BCUT2D eigenvalue weighted by molar-refractivity contribution is 5.52. The van der Waals surface area contributed by atoms with Gasteiger partial charge >= 0.3 is 0 Å². The van der Waals surface area contributed by atoms with Gasteiger partial charge in [-0.2, -0.15) is 0 Å². The topological polar surface area (TPSA) is 108 Å². The fourth-order valence-electron chi connectivity index (χ4n) is 16.1. The highest BCUT2D eigenvalue weighted by Gasteiger charge is 2.35. The van der Waals surface area contributed by atoms with Crippen LogP contribution in [-0.2, 0) is 32.5 Å². The third kappa shape index (κ3) is 20.6. The van der Waals surface area contributed by atoms with E-state index in [1.165, 1.54) is 259 Å². The van der Waals surface area contributed by atoms with Gasteiger partial charge in [0.25, 0.3) is 0 Å². The van der Waals surface area contributed by atoms with Crippen LogP contribution in [0, 0.1) is 35.0 Å². The molecule has 10 fully saturated rings. The minimum atomic E-state index is 0.811. The van der Waals surface area contributed by atoms with E-state index in [0.29, 0.717) is 0 Å². The van der Waals surface area contributed by atoms with Crippen molar-refractivity contribution in [2.75, 3.05) is 77.3 Å². The molecule has 9 heteroatoms. The molecule has 10 aliphatic heterocycles. The van der Waals surface area contributed by atoms with Crippen molar-refractivity contribution in [2.45, 2.75) is 218 Å². The summed E-state index contributed by atoms with van der Waals surface area (Å²) in [6.07, 6.45) is 44.8. The number of fused-ring (bicyclic) bond motifs is 8. The molecule has 0 amide bonds. The third-order valence-corrected chi connectivity index (χ3v) is 21.0. The summed E-state index contributed by atoms with van der Waals surface area (Å²) in [5.74, 6) is 5.31. The Balaban J connectivity index is 0.000000109. The van der Waals surface area contributed by atoms with Gasteiger partial charge in [0.1, 0.15) is 0 Å². The first-order valence-corrected chi connectivity index (χ1v) is 34.0. The Labute approximate surface area is 488 Å². The van der Waals surface area contributed by atoms with Gasteiger partial charge in [-0.15, -0.1) is 0 Å². The first-order chi connectivity index (χ1) is 39.7. The molecule has 14 aliphatic rings. The second-order valence-corrected chi connectivity index (χ2v) is 26.5. The molecule has 6 saturated heterocycles. The molecule has 6 unspecified atom stereocenters. The number of hydrogen-bond acceptors (Lipinski definition) is 9. The van der Waals surface area contributed by atoms with E-state index in [9.17, 15) is 0 Å². The summed E-state index contributed by atoms with van der Waals surface area (Å²) < 4.78 is 0. The van der Waals surface area contributed by atoms with Crippen LogP contribution in [0.3, 0.4) is 0 Å². The summed E-state index contributed by atoms with van der Waals surface area (Å²) in [4.78, 5) is 0. The number of piperidine rings is 3. The van der Waals surface area contributed by atoms with Gasteiger partial charge in [-0.05, 0) is 256 Å². The van der Waals surface area contributed by atoms with Crippen LogP contribution in [0.5, 0.6) is 0 Å². The lowest BCUT2D eigenvalue weighted by Crippen LogP contribution is -2.42. The van der Waals surface area contributed by atoms with E-state index < -0.39 is 0 Å². The smallest absolute Gasteiger partial charge is 0.0372 e. The van der Waals surface area contributed by atoms with Gasteiger partial charge < -0.3 is 47.9 Å². The average molecular weight is 1090 g/mol. The molecule has 80 heavy (non-hydrogen) atoms. The van der Waals surface area contributed by atoms with E-state index in [1.807, 2.05) is 0 Å². The van der Waals surface area contributed by atoms with Crippen LogP contribution in [0.15, 0.2) is 84.9 Å². The van der Waals surface area contributed by atoms with Crippen LogP contribution in [0.4, 0.5) is 5.69 Å². The molecule has 1 spiro atoms. The quantitative estimate of drug-likeness (QED) is 0.102. The number of anilines is 1. The maximum atomic E-state index is 3.62. The SMILES string of the molecule is C1=CCNCC1.C1CC2CCC1N2.C1CC2CNCC2C1.C1CCC2(C1)CCNCC2.C1CCC2CNCCC2C1.C1CCC2NCCCC2C1.c1ccc2c(c1)CCCN2.c1ccc2c(c1)CCNC2.c1ccc2c(c1)CNC2. The van der Waals surface area contributed by atoms with Crippen LogP contribution in [0.2, 0.25) is 0 Å². The Morgan fingerprint density at radius 1 is 0.350 bits per heavy atom. The summed E-state index contributed by atoms with van der Waals surface area (Å²) in [5, 5.41) is 30.7. The molecule has 444 valence electrons. The zero-order valence-corrected chi connectivity index (χ0v) is 50.4. The predicted octanol–water partition coefficient (Wildman–Crippen LogP) is 12.8. The van der Waals surface area contributed by atoms with Crippen molar-refractivity contribution in [3.8, 4) is 0 Å². The second kappa shape index (κ2) is 35.2. The van der Waals surface area contributed by atoms with E-state index in [-0.39, 0.29) is 0 Å². The van der Waals surface area contributed by atoms with E-state index in [4.69, 9.17) is 0 Å². The minimum Gasteiger partial charge on any atom is -0.385 e. The van der Waals surface area contributed by atoms with E-state index in [2.05, 4.69) is 133 Å². The number of aryl methyl sites for hydroxylation is 1. The molecule has 6 atom stereocenters. The number of hydrogen-bond donors (Lipinski definition) is 9. The summed E-state index contributed by atoms with van der Waals surface area (Å²) in [6, 6.07) is 28.4. The van der Waals surface area contributed by atoms with Crippen LogP contribution >= 0.6 is 0 Å². The van der Waals surface area contributed by atoms with E-state index >= 15 is 0 Å². The third-order valence-electron chi connectivity index (χ3n) is 21.0. The van der Waals surface area contributed by atoms with Gasteiger partial charge in [0.2, 0.25) is 0 Å². The monoisotopic (exact) mass is 1090 g/mol. The molecule has 0 radical (unpaired) electrons. The maximum Gasteiger partial charge on any atom is 0.0372 e. The average Bonchev–Trinajstić information content (AvgIpc) is 4.45. The van der Waals surface area contributed by atoms with Crippen molar-refractivity contribution < 1.29 is 0 Å². The molecule has 2 bridgehead atoms. The van der Waals surface area contributed by atoms with Gasteiger partial charge in [0.15, 0.2) is 0 Å². The maximum absolute atomic E-state index is 3.62. The minimum absolute atomic E-state index is 0.811. The molecule has 4 saturated carbocycles. The Morgan fingerprint density at radius 2 is 0.938 bits per heavy atom. The molecule has 4 aliphatic carbocycles. The lowest BCUT2D eigenvalue weighted by molar-refractivity contribution is 0.185. The predicted molar refractivity (Wildman–Crippen MR) is 341 cm³/mol. The van der Waals surface area contributed by atoms with Gasteiger partial charge in [-0.1, -0.05) is 130 Å². The Bertz CT molecular complexity index is 1910. The molecular weight excluding hydrogens is 979 g/mol. The lowest BCUT2D eigenvalue weighted by atomic mass is 9.76. The number of para-hydroxylation sites is 1. The van der Waals surface area contributed by atoms with E-state index in [0.717, 1.165) is 98.9 Å². The van der Waals surface area contributed by atoms with Crippen molar-refractivity contribution >= 4 is 5.69 Å². The van der Waals surface area contributed by atoms with Crippen molar-refractivity contribution in [3.63, 3.8) is 0 Å². The van der Waals surface area contributed by atoms with Crippen LogP contribution < -0.4 is 47.9 Å². The number of benzene rings is 3. The molecular formula is C71H115N9. The fraction of sp³-hybridized carbons (Fsp3) is 0.718. The highest BCUT2D eigenvalue weighted by atomic mass is 15.0. The zero-order chi connectivity index (χ0) is 54.5. The summed E-state index contributed by atoms with van der Waals surface area (Å²) >= 11 is 0. The van der Waals surface area contributed by atoms with Gasteiger partial charge in [0, 0.05) is 56.5 Å². The summed E-state index contributed by atoms with van der Waals surface area (Å²) in [5.41, 5.74) is 9.50. The van der Waals surface area contributed by atoms with Crippen molar-refractivity contribution in [2.24, 2.45) is 35.0 Å². The zero-order valence-electron chi connectivity index (χ0n) is 50.4. The van der Waals surface area contributed by atoms with Crippen LogP contribution in [0.25, 0.3) is 0 Å². The molecule has 9 N–H and O–H groups in total. The van der Waals surface area contributed by atoms with Gasteiger partial charge in [-0.25, -0.2) is 0 Å². The fourth-order valence-corrected chi connectivity index (χ4v) is 16.1. The van der Waals surface area contributed by atoms with Crippen molar-refractivity contribution in [1.29, 1.82) is 0 Å². The molecule has 10 heterocycles. The largest absolute Gasteiger partial charge is 0.385 e. The standard InChI is InChI=1S/C9H17N.C9H11N.2C9H17N.C9H11N.C8H9N.C7H13N.C6H11N.C5H9N/c2*1-2-6-9-8(4-1)5-3-7-10-9;1-2-4-9(3-1)5-7-10-8-6-9;2*1-2-4-9-7-10-6-5-8(9)3-1;1-2-4-8-6-9-5-7(8)3-1;1-2-6-4-8-5-7(6)3-1;1-2-6-4-3-5(1)7-6;1-2-4-6-5-3-1/h8-10H,1-7H2;1-2,4,6,10H,3,5,7H2;10H,1-8H2;8-10H,1-7H2;1-4,10H,5-7H2;1-4,9H,5-6H2;6-8H,1-5H2;5-7H,1-4H2;1-2,6H,3-5H2. The van der Waals surface area contributed by atoms with Crippen molar-refractivity contribution in [3.05, 3.63) is 113 Å². The highest BCUT2D eigenvalue weighted by Crippen LogP contribution is 2.44.